The average molecular weight is 521 g/mol. The number of nitrogens with zero attached hydrogens (tertiary/aromatic N) is 5. The maximum Gasteiger partial charge on any atom is 0.199 e. The molecule has 3 heterocycles. The fourth-order valence-corrected chi connectivity index (χ4v) is 3.56. The molecule has 1 atom stereocenters. The second-order valence-electron chi connectivity index (χ2n) is 9.03. The number of aromatic amines is 1. The van der Waals surface area contributed by atoms with Gasteiger partial charge in [0.15, 0.2) is 11.6 Å². The molecule has 7 nitrogen and oxygen atoms in total. The summed E-state index contributed by atoms with van der Waals surface area (Å²) < 4.78 is 28.5. The Morgan fingerprint density at radius 1 is 0.947 bits per heavy atom. The molecule has 0 amide bonds. The Morgan fingerprint density at radius 3 is 2.11 bits per heavy atom. The largest absolute Gasteiger partial charge is 0.382 e. The molecule has 0 aliphatic carbocycles. The summed E-state index contributed by atoms with van der Waals surface area (Å²) in [5, 5.41) is 25.5. The van der Waals surface area contributed by atoms with Gasteiger partial charge in [0.25, 0.3) is 0 Å². The van der Waals surface area contributed by atoms with Crippen molar-refractivity contribution in [3.63, 3.8) is 0 Å². The third-order valence-electron chi connectivity index (χ3n) is 5.42. The number of aliphatic hydroxyl groups is 1. The number of aryl methyl sites for hydroxylation is 1. The molecule has 4 rings (SSSR count). The van der Waals surface area contributed by atoms with Gasteiger partial charge in [-0.2, -0.15) is 15.3 Å². The van der Waals surface area contributed by atoms with E-state index in [0.29, 0.717) is 29.5 Å². The Bertz CT molecular complexity index is 1340. The predicted molar refractivity (Wildman–Crippen MR) is 145 cm³/mol. The first kappa shape index (κ1) is 30.2. The van der Waals surface area contributed by atoms with Crippen LogP contribution in [0.25, 0.3) is 22.8 Å². The highest BCUT2D eigenvalue weighted by molar-refractivity contribution is 5.61. The smallest absolute Gasteiger partial charge is 0.199 e. The molecule has 0 saturated carbocycles. The van der Waals surface area contributed by atoms with Gasteiger partial charge < -0.3 is 5.11 Å². The van der Waals surface area contributed by atoms with Crippen LogP contribution < -0.4 is 0 Å². The zero-order valence-electron chi connectivity index (χ0n) is 22.6. The highest BCUT2D eigenvalue weighted by atomic mass is 19.1. The van der Waals surface area contributed by atoms with E-state index in [0.717, 1.165) is 11.3 Å². The van der Waals surface area contributed by atoms with Crippen molar-refractivity contribution in [2.75, 3.05) is 0 Å². The third-order valence-corrected chi connectivity index (χ3v) is 5.42. The van der Waals surface area contributed by atoms with E-state index in [2.05, 4.69) is 57.1 Å². The zero-order chi connectivity index (χ0) is 28.5. The van der Waals surface area contributed by atoms with E-state index in [9.17, 15) is 13.9 Å². The molecule has 1 unspecified atom stereocenters. The van der Waals surface area contributed by atoms with Gasteiger partial charge in [-0.05, 0) is 56.2 Å². The maximum absolute atomic E-state index is 14.2. The van der Waals surface area contributed by atoms with Gasteiger partial charge in [-0.25, -0.2) is 18.7 Å². The van der Waals surface area contributed by atoms with Gasteiger partial charge >= 0.3 is 0 Å². The van der Waals surface area contributed by atoms with Gasteiger partial charge in [0.05, 0.1) is 22.6 Å². The average Bonchev–Trinajstić information content (AvgIpc) is 3.41. The molecule has 0 aliphatic heterocycles. The Kier molecular flexibility index (Phi) is 10.7. The lowest BCUT2D eigenvalue weighted by atomic mass is 9.96. The normalized spacial score (nSPS) is 11.6. The molecule has 1 aromatic carbocycles. The number of terminal acetylenes is 1. The SMILES string of the molecule is C#C.CCC.CCc1cc(-c2c(F)cccc2F)nnc1C(C)c1cccc(-c2n[nH]c(C(C)(C)O)n2)n1. The van der Waals surface area contributed by atoms with Crippen molar-refractivity contribution in [3.05, 3.63) is 76.9 Å². The number of hydrogen-bond donors (Lipinski definition) is 2. The molecule has 38 heavy (non-hydrogen) atoms. The summed E-state index contributed by atoms with van der Waals surface area (Å²) in [7, 11) is 0. The number of nitrogens with one attached hydrogen (secondary N) is 1. The second kappa shape index (κ2) is 13.5. The first-order chi connectivity index (χ1) is 18.1. The van der Waals surface area contributed by atoms with Gasteiger partial charge in [-0.3, -0.25) is 5.10 Å². The van der Waals surface area contributed by atoms with Crippen LogP contribution in [0, 0.1) is 24.5 Å². The lowest BCUT2D eigenvalue weighted by molar-refractivity contribution is 0.0692. The standard InChI is InChI=1S/C24H24F2N6O.C3H8.C2H2/c1-5-14-12-19(20-15(25)8-6-9-16(20)26)29-30-21(14)13(2)17-10-7-11-18(27-17)22-28-23(32-31-22)24(3,4)33;1-3-2;1-2/h6-13,33H,5H2,1-4H3,(H,28,31,32);3H2,1-2H3;1-2H. The van der Waals surface area contributed by atoms with Crippen molar-refractivity contribution in [3.8, 4) is 35.6 Å². The highest BCUT2D eigenvalue weighted by Gasteiger charge is 2.23. The summed E-state index contributed by atoms with van der Waals surface area (Å²) in [6.45, 7) is 11.4. The minimum atomic E-state index is -1.15. The molecule has 200 valence electrons. The zero-order valence-corrected chi connectivity index (χ0v) is 22.6. The van der Waals surface area contributed by atoms with Crippen LogP contribution in [0.3, 0.4) is 0 Å². The molecule has 9 heteroatoms. The summed E-state index contributed by atoms with van der Waals surface area (Å²) in [6, 6.07) is 10.9. The number of rotatable bonds is 6. The Labute approximate surface area is 222 Å². The number of aromatic nitrogens is 6. The molecule has 0 aliphatic rings. The van der Waals surface area contributed by atoms with E-state index in [1.165, 1.54) is 24.6 Å². The van der Waals surface area contributed by atoms with Gasteiger partial charge in [0.1, 0.15) is 22.9 Å². The summed E-state index contributed by atoms with van der Waals surface area (Å²) in [6.07, 6.45) is 9.85. The number of halogens is 2. The monoisotopic (exact) mass is 520 g/mol. The summed E-state index contributed by atoms with van der Waals surface area (Å²) in [4.78, 5) is 9.03. The molecule has 3 aromatic heterocycles. The Morgan fingerprint density at radius 2 is 1.55 bits per heavy atom. The predicted octanol–water partition coefficient (Wildman–Crippen LogP) is 6.21. The number of pyridine rings is 1. The van der Waals surface area contributed by atoms with Crippen LogP contribution in [0.2, 0.25) is 0 Å². The molecular formula is C29H34F2N6O. The van der Waals surface area contributed by atoms with Gasteiger partial charge in [-0.15, -0.1) is 12.8 Å². The third kappa shape index (κ3) is 7.05. The number of hydrogen-bond acceptors (Lipinski definition) is 6. The van der Waals surface area contributed by atoms with E-state index in [4.69, 9.17) is 0 Å². The van der Waals surface area contributed by atoms with Crippen molar-refractivity contribution in [1.29, 1.82) is 0 Å². The second-order valence-corrected chi connectivity index (χ2v) is 9.03. The fraction of sp³-hybridized carbons (Fsp3) is 0.345. The molecule has 0 bridgehead atoms. The molecule has 2 N–H and O–H groups in total. The van der Waals surface area contributed by atoms with E-state index < -0.39 is 17.2 Å². The van der Waals surface area contributed by atoms with Crippen LogP contribution in [-0.2, 0) is 12.0 Å². The molecule has 0 spiro atoms. The van der Waals surface area contributed by atoms with Crippen molar-refractivity contribution in [2.45, 2.75) is 65.9 Å². The van der Waals surface area contributed by atoms with Crippen molar-refractivity contribution >= 4 is 0 Å². The molecule has 4 aromatic rings. The minimum Gasteiger partial charge on any atom is -0.382 e. The lowest BCUT2D eigenvalue weighted by Crippen LogP contribution is -2.17. The minimum absolute atomic E-state index is 0.153. The summed E-state index contributed by atoms with van der Waals surface area (Å²) >= 11 is 0. The quantitative estimate of drug-likeness (QED) is 0.293. The molecular weight excluding hydrogens is 486 g/mol. The number of benzene rings is 1. The number of H-pyrrole nitrogens is 1. The Hall–Kier alpha value is -4.03. The van der Waals surface area contributed by atoms with Crippen molar-refractivity contribution in [1.82, 2.24) is 30.4 Å². The van der Waals surface area contributed by atoms with E-state index in [1.807, 2.05) is 26.0 Å². The van der Waals surface area contributed by atoms with Crippen LogP contribution >= 0.6 is 0 Å². The van der Waals surface area contributed by atoms with Gasteiger partial charge in [0.2, 0.25) is 0 Å². The molecule has 0 saturated heterocycles. The van der Waals surface area contributed by atoms with E-state index in [-0.39, 0.29) is 17.2 Å². The van der Waals surface area contributed by atoms with Crippen molar-refractivity contribution < 1.29 is 13.9 Å². The summed E-state index contributed by atoms with van der Waals surface area (Å²) in [5.74, 6) is -0.891. The molecule has 0 fully saturated rings. The van der Waals surface area contributed by atoms with Crippen LogP contribution in [0.15, 0.2) is 42.5 Å². The van der Waals surface area contributed by atoms with Crippen LogP contribution in [0.5, 0.6) is 0 Å². The van der Waals surface area contributed by atoms with Gasteiger partial charge in [-0.1, -0.05) is 46.2 Å². The van der Waals surface area contributed by atoms with Crippen LogP contribution in [0.4, 0.5) is 8.78 Å². The lowest BCUT2D eigenvalue weighted by Gasteiger charge is -2.15. The van der Waals surface area contributed by atoms with E-state index in [1.54, 1.807) is 26.0 Å². The topological polar surface area (TPSA) is 100 Å². The maximum atomic E-state index is 14.2. The first-order valence-corrected chi connectivity index (χ1v) is 12.4. The van der Waals surface area contributed by atoms with Crippen LogP contribution in [0.1, 0.15) is 76.7 Å². The van der Waals surface area contributed by atoms with Crippen LogP contribution in [-0.4, -0.2) is 35.5 Å². The Balaban J connectivity index is 0.000000947. The van der Waals surface area contributed by atoms with Crippen molar-refractivity contribution in [2.24, 2.45) is 0 Å². The fourth-order valence-electron chi connectivity index (χ4n) is 3.56. The first-order valence-electron chi connectivity index (χ1n) is 12.4. The summed E-state index contributed by atoms with van der Waals surface area (Å²) in [5.41, 5.74) is 1.57. The molecule has 0 radical (unpaired) electrons. The van der Waals surface area contributed by atoms with Gasteiger partial charge in [0, 0.05) is 5.92 Å². The highest BCUT2D eigenvalue weighted by Crippen LogP contribution is 2.30. The van der Waals surface area contributed by atoms with E-state index >= 15 is 0 Å².